The fraction of sp³-hybridized carbons (Fsp3) is 0.113. The van der Waals surface area contributed by atoms with E-state index in [1.807, 2.05) is 6.20 Å². The first kappa shape index (κ1) is 35.3. The second-order valence-corrected chi connectivity index (χ2v) is 16.2. The number of fused-ring (bicyclic) bond motifs is 4. The number of pyridine rings is 1. The van der Waals surface area contributed by atoms with Crippen molar-refractivity contribution >= 4 is 55.9 Å². The van der Waals surface area contributed by atoms with Gasteiger partial charge in [0.25, 0.3) is 0 Å². The highest BCUT2D eigenvalue weighted by Gasteiger charge is 2.28. The summed E-state index contributed by atoms with van der Waals surface area (Å²) in [4.78, 5) is 12.3. The Balaban J connectivity index is 1.17. The Labute approximate surface area is 340 Å². The van der Waals surface area contributed by atoms with E-state index in [1.165, 1.54) is 38.8 Å². The highest BCUT2D eigenvalue weighted by Crippen LogP contribution is 2.46. The maximum Gasteiger partial charge on any atom is 0.137 e. The van der Waals surface area contributed by atoms with Gasteiger partial charge in [0.2, 0.25) is 0 Å². The molecule has 282 valence electrons. The van der Waals surface area contributed by atoms with Crippen LogP contribution in [0.15, 0.2) is 194 Å². The summed E-state index contributed by atoms with van der Waals surface area (Å²) in [5.41, 5.74) is 13.9. The molecular weight excluding hydrogens is 707 g/mol. The lowest BCUT2D eigenvalue weighted by atomic mass is 9.88. The molecule has 58 heavy (non-hydrogen) atoms. The van der Waals surface area contributed by atoms with E-state index in [-0.39, 0.29) is 5.41 Å². The largest absolute Gasteiger partial charge is 0.347 e. The van der Waals surface area contributed by atoms with E-state index in [2.05, 4.69) is 228 Å². The van der Waals surface area contributed by atoms with Crippen LogP contribution in [0.25, 0.3) is 38.8 Å². The molecule has 7 aromatic carbocycles. The molecule has 0 aliphatic carbocycles. The van der Waals surface area contributed by atoms with Crippen molar-refractivity contribution in [3.63, 3.8) is 0 Å². The standard InChI is InChI=1S/C53H45N5/c1-53(2,3)41-29-30-54-52(33-41)58-48-24-14-13-23-46(48)47-28-27-43(35-51(47)58)57(42-21-11-6-12-22-42)45-32-40(39-19-9-5-10-20-39)31-44(34-45)56-37-55(36-38-17-7-4-8-18-38)49-25-15-16-26-50(49)56/h4-35H,36-37H2,1-3H3. The lowest BCUT2D eigenvalue weighted by Crippen LogP contribution is -2.27. The van der Waals surface area contributed by atoms with Crippen molar-refractivity contribution in [2.75, 3.05) is 21.4 Å². The third-order valence-corrected chi connectivity index (χ3v) is 11.4. The van der Waals surface area contributed by atoms with E-state index in [1.54, 1.807) is 0 Å². The summed E-state index contributed by atoms with van der Waals surface area (Å²) in [5.74, 6) is 0.920. The summed E-state index contributed by atoms with van der Waals surface area (Å²) in [5, 5.41) is 2.40. The van der Waals surface area contributed by atoms with Gasteiger partial charge in [0.1, 0.15) is 5.82 Å². The van der Waals surface area contributed by atoms with Crippen LogP contribution in [0.4, 0.5) is 34.1 Å². The van der Waals surface area contributed by atoms with Crippen LogP contribution in [0, 0.1) is 0 Å². The minimum Gasteiger partial charge on any atom is -0.347 e. The van der Waals surface area contributed by atoms with Crippen molar-refractivity contribution in [1.29, 1.82) is 0 Å². The van der Waals surface area contributed by atoms with Gasteiger partial charge in [-0.1, -0.05) is 136 Å². The Morgan fingerprint density at radius 1 is 0.534 bits per heavy atom. The molecule has 0 spiro atoms. The van der Waals surface area contributed by atoms with E-state index >= 15 is 0 Å². The molecule has 0 amide bonds. The van der Waals surface area contributed by atoms with Crippen LogP contribution < -0.4 is 14.7 Å². The number of rotatable bonds is 8. The molecule has 0 bridgehead atoms. The number of aromatic nitrogens is 2. The molecule has 5 nitrogen and oxygen atoms in total. The van der Waals surface area contributed by atoms with Gasteiger partial charge in [-0.25, -0.2) is 4.98 Å². The molecule has 0 fully saturated rings. The summed E-state index contributed by atoms with van der Waals surface area (Å²) < 4.78 is 2.33. The van der Waals surface area contributed by atoms with Crippen LogP contribution in [0.1, 0.15) is 31.9 Å². The van der Waals surface area contributed by atoms with Crippen LogP contribution in [0.5, 0.6) is 0 Å². The average Bonchev–Trinajstić information content (AvgIpc) is 3.80. The van der Waals surface area contributed by atoms with Crippen molar-refractivity contribution in [2.24, 2.45) is 0 Å². The summed E-state index contributed by atoms with van der Waals surface area (Å²) in [7, 11) is 0. The van der Waals surface area contributed by atoms with Gasteiger partial charge in [0.05, 0.1) is 29.1 Å². The maximum atomic E-state index is 4.98. The van der Waals surface area contributed by atoms with Gasteiger partial charge in [0.15, 0.2) is 0 Å². The van der Waals surface area contributed by atoms with E-state index in [0.29, 0.717) is 0 Å². The Bertz CT molecular complexity index is 2890. The fourth-order valence-electron chi connectivity index (χ4n) is 8.50. The van der Waals surface area contributed by atoms with Crippen LogP contribution in [0.3, 0.4) is 0 Å². The number of para-hydroxylation sites is 4. The molecule has 0 N–H and O–H groups in total. The molecular formula is C53H45N5. The monoisotopic (exact) mass is 751 g/mol. The third-order valence-electron chi connectivity index (χ3n) is 11.4. The van der Waals surface area contributed by atoms with Crippen molar-refractivity contribution in [3.8, 4) is 16.9 Å². The lowest BCUT2D eigenvalue weighted by molar-refractivity contribution is 0.588. The predicted octanol–water partition coefficient (Wildman–Crippen LogP) is 13.7. The van der Waals surface area contributed by atoms with Crippen molar-refractivity contribution in [1.82, 2.24) is 9.55 Å². The topological polar surface area (TPSA) is 27.5 Å². The molecule has 0 saturated carbocycles. The molecule has 2 aromatic heterocycles. The van der Waals surface area contributed by atoms with Crippen molar-refractivity contribution < 1.29 is 0 Å². The Hall–Kier alpha value is -7.11. The normalized spacial score (nSPS) is 12.7. The summed E-state index contributed by atoms with van der Waals surface area (Å²) in [6.07, 6.45) is 1.95. The summed E-state index contributed by atoms with van der Waals surface area (Å²) in [6.45, 7) is 8.34. The molecule has 9 aromatic rings. The van der Waals surface area contributed by atoms with Crippen LogP contribution >= 0.6 is 0 Å². The van der Waals surface area contributed by atoms with E-state index in [0.717, 1.165) is 58.4 Å². The molecule has 1 aliphatic heterocycles. The quantitative estimate of drug-likeness (QED) is 0.155. The molecule has 0 saturated heterocycles. The van der Waals surface area contributed by atoms with Crippen LogP contribution in [-0.4, -0.2) is 16.2 Å². The molecule has 3 heterocycles. The Kier molecular flexibility index (Phi) is 8.79. The molecule has 0 unspecified atom stereocenters. The predicted molar refractivity (Wildman–Crippen MR) is 243 cm³/mol. The van der Waals surface area contributed by atoms with Crippen molar-refractivity contribution in [3.05, 3.63) is 205 Å². The molecule has 5 heteroatoms. The number of benzene rings is 7. The first-order chi connectivity index (χ1) is 28.4. The lowest BCUT2D eigenvalue weighted by Gasteiger charge is -2.29. The Morgan fingerprint density at radius 2 is 1.21 bits per heavy atom. The fourth-order valence-corrected chi connectivity index (χ4v) is 8.50. The van der Waals surface area contributed by atoms with Gasteiger partial charge in [-0.15, -0.1) is 0 Å². The zero-order valence-electron chi connectivity index (χ0n) is 33.1. The number of hydrogen-bond acceptors (Lipinski definition) is 4. The zero-order chi connectivity index (χ0) is 39.2. The number of hydrogen-bond donors (Lipinski definition) is 0. The Morgan fingerprint density at radius 3 is 1.98 bits per heavy atom. The van der Waals surface area contributed by atoms with Crippen LogP contribution in [-0.2, 0) is 12.0 Å². The molecule has 0 atom stereocenters. The zero-order valence-corrected chi connectivity index (χ0v) is 33.1. The first-order valence-corrected chi connectivity index (χ1v) is 20.1. The second-order valence-electron chi connectivity index (χ2n) is 16.2. The van der Waals surface area contributed by atoms with E-state index in [9.17, 15) is 0 Å². The van der Waals surface area contributed by atoms with Gasteiger partial charge < -0.3 is 14.7 Å². The summed E-state index contributed by atoms with van der Waals surface area (Å²) >= 11 is 0. The van der Waals surface area contributed by atoms with Gasteiger partial charge in [-0.2, -0.15) is 0 Å². The van der Waals surface area contributed by atoms with E-state index in [4.69, 9.17) is 4.98 Å². The smallest absolute Gasteiger partial charge is 0.137 e. The third kappa shape index (κ3) is 6.45. The second kappa shape index (κ2) is 14.4. The van der Waals surface area contributed by atoms with Gasteiger partial charge >= 0.3 is 0 Å². The van der Waals surface area contributed by atoms with Gasteiger partial charge in [-0.3, -0.25) is 4.57 Å². The van der Waals surface area contributed by atoms with Gasteiger partial charge in [0, 0.05) is 46.3 Å². The first-order valence-electron chi connectivity index (χ1n) is 20.1. The molecule has 10 rings (SSSR count). The number of anilines is 6. The minimum absolute atomic E-state index is 0.0123. The highest BCUT2D eigenvalue weighted by atomic mass is 15.4. The number of nitrogens with zero attached hydrogens (tertiary/aromatic N) is 5. The molecule has 1 aliphatic rings. The highest BCUT2D eigenvalue weighted by molar-refractivity contribution is 6.10. The van der Waals surface area contributed by atoms with E-state index < -0.39 is 0 Å². The van der Waals surface area contributed by atoms with Crippen LogP contribution in [0.2, 0.25) is 0 Å². The summed E-state index contributed by atoms with van der Waals surface area (Å²) in [6, 6.07) is 68.1. The SMILES string of the molecule is CC(C)(C)c1ccnc(-n2c3ccccc3c3ccc(N(c4ccccc4)c4cc(-c5ccccc5)cc(N5CN(Cc6ccccc6)c6ccccc65)c4)cc32)c1. The van der Waals surface area contributed by atoms with Gasteiger partial charge in [-0.05, 0) is 100 Å². The van der Waals surface area contributed by atoms with Crippen molar-refractivity contribution in [2.45, 2.75) is 32.7 Å². The average molecular weight is 752 g/mol. The minimum atomic E-state index is -0.0123. The maximum absolute atomic E-state index is 4.98. The molecule has 0 radical (unpaired) electrons.